The second-order valence-electron chi connectivity index (χ2n) is 10.2. The Hall–Kier alpha value is -0.530. The van der Waals surface area contributed by atoms with E-state index >= 15 is 0 Å². The van der Waals surface area contributed by atoms with E-state index in [2.05, 4.69) is 6.92 Å². The molecule has 0 heterocycles. The molecule has 0 saturated heterocycles. The molecule has 2 heteroatoms. The molecule has 1 N–H and O–H groups in total. The van der Waals surface area contributed by atoms with Gasteiger partial charge in [0.25, 0.3) is 0 Å². The molecule has 0 aliphatic heterocycles. The normalized spacial score (nSPS) is 36.0. The molecule has 0 amide bonds. The lowest BCUT2D eigenvalue weighted by molar-refractivity contribution is -0.137. The first-order valence-electron chi connectivity index (χ1n) is 11.8. The van der Waals surface area contributed by atoms with Crippen LogP contribution >= 0.6 is 0 Å². The van der Waals surface area contributed by atoms with Crippen LogP contribution in [-0.4, -0.2) is 11.1 Å². The highest BCUT2D eigenvalue weighted by molar-refractivity contribution is 5.66. The zero-order chi connectivity index (χ0) is 18.4. The lowest BCUT2D eigenvalue weighted by Gasteiger charge is -2.45. The van der Waals surface area contributed by atoms with Gasteiger partial charge < -0.3 is 5.11 Å². The largest absolute Gasteiger partial charge is 0.481 e. The number of carboxylic acid groups (broad SMARTS) is 1. The summed E-state index contributed by atoms with van der Waals surface area (Å²) in [5.41, 5.74) is 0. The molecule has 2 nitrogen and oxygen atoms in total. The van der Waals surface area contributed by atoms with Gasteiger partial charge in [0.05, 0.1) is 0 Å². The molecule has 3 aliphatic carbocycles. The van der Waals surface area contributed by atoms with Gasteiger partial charge in [0.1, 0.15) is 0 Å². The second-order valence-corrected chi connectivity index (χ2v) is 10.2. The Morgan fingerprint density at radius 2 is 1.15 bits per heavy atom. The molecule has 0 aromatic heterocycles. The van der Waals surface area contributed by atoms with E-state index in [1.54, 1.807) is 38.5 Å². The fourth-order valence-electron chi connectivity index (χ4n) is 6.14. The molecule has 0 radical (unpaired) electrons. The van der Waals surface area contributed by atoms with Crippen molar-refractivity contribution >= 4 is 5.97 Å². The molecule has 0 unspecified atom stereocenters. The van der Waals surface area contributed by atoms with Crippen molar-refractivity contribution in [1.29, 1.82) is 0 Å². The van der Waals surface area contributed by atoms with Gasteiger partial charge in [-0.2, -0.15) is 0 Å². The van der Waals surface area contributed by atoms with Gasteiger partial charge in [-0.15, -0.1) is 0 Å². The van der Waals surface area contributed by atoms with Crippen molar-refractivity contribution in [2.45, 2.75) is 110 Å². The smallest absolute Gasteiger partial charge is 0.303 e. The van der Waals surface area contributed by atoms with Gasteiger partial charge >= 0.3 is 5.97 Å². The third kappa shape index (κ3) is 6.27. The van der Waals surface area contributed by atoms with Crippen LogP contribution in [0.4, 0.5) is 0 Å². The average molecular weight is 363 g/mol. The third-order valence-electron chi connectivity index (χ3n) is 7.91. The highest BCUT2D eigenvalue weighted by Gasteiger charge is 2.38. The van der Waals surface area contributed by atoms with Crippen LogP contribution < -0.4 is 0 Å². The summed E-state index contributed by atoms with van der Waals surface area (Å²) >= 11 is 0. The summed E-state index contributed by atoms with van der Waals surface area (Å²) in [6, 6.07) is 0. The Morgan fingerprint density at radius 1 is 0.692 bits per heavy atom. The van der Waals surface area contributed by atoms with Gasteiger partial charge in [-0.25, -0.2) is 0 Å². The van der Waals surface area contributed by atoms with Crippen LogP contribution in [0.2, 0.25) is 0 Å². The number of hydrogen-bond donors (Lipinski definition) is 1. The van der Waals surface area contributed by atoms with E-state index in [-0.39, 0.29) is 0 Å². The number of unbranched alkanes of at least 4 members (excludes halogenated alkanes) is 4. The summed E-state index contributed by atoms with van der Waals surface area (Å²) in [5, 5.41) is 8.62. The predicted molar refractivity (Wildman–Crippen MR) is 108 cm³/mol. The molecule has 0 atom stereocenters. The number of rotatable bonds is 13. The van der Waals surface area contributed by atoms with Crippen molar-refractivity contribution in [2.75, 3.05) is 0 Å². The molecule has 3 saturated carbocycles. The molecule has 3 fully saturated rings. The summed E-state index contributed by atoms with van der Waals surface area (Å²) in [6.07, 6.45) is 21.4. The van der Waals surface area contributed by atoms with Gasteiger partial charge in [0, 0.05) is 6.42 Å². The summed E-state index contributed by atoms with van der Waals surface area (Å²) in [4.78, 5) is 10.5. The van der Waals surface area contributed by atoms with Crippen LogP contribution in [0.3, 0.4) is 0 Å². The van der Waals surface area contributed by atoms with E-state index in [0.717, 1.165) is 48.3 Å². The molecular weight excluding hydrogens is 320 g/mol. The monoisotopic (exact) mass is 362 g/mol. The van der Waals surface area contributed by atoms with E-state index < -0.39 is 5.97 Å². The van der Waals surface area contributed by atoms with Crippen LogP contribution in [-0.2, 0) is 4.79 Å². The number of carboxylic acids is 1. The zero-order valence-corrected chi connectivity index (χ0v) is 17.1. The Kier molecular flexibility index (Phi) is 7.88. The van der Waals surface area contributed by atoms with Gasteiger partial charge in [-0.05, 0) is 93.3 Å². The molecule has 3 rings (SSSR count). The SMILES string of the molecule is CCC1CC(CC2CC(CC3CC(CCCCCCCC(=O)O)C3)C2)C1. The fourth-order valence-corrected chi connectivity index (χ4v) is 6.14. The summed E-state index contributed by atoms with van der Waals surface area (Å²) < 4.78 is 0. The first-order valence-corrected chi connectivity index (χ1v) is 11.8. The Balaban J connectivity index is 1.10. The van der Waals surface area contributed by atoms with E-state index in [0.29, 0.717) is 6.42 Å². The van der Waals surface area contributed by atoms with E-state index in [1.807, 2.05) is 0 Å². The summed E-state index contributed by atoms with van der Waals surface area (Å²) in [5.74, 6) is 5.81. The van der Waals surface area contributed by atoms with Crippen LogP contribution in [0, 0.1) is 35.5 Å². The second kappa shape index (κ2) is 10.1. The summed E-state index contributed by atoms with van der Waals surface area (Å²) in [7, 11) is 0. The van der Waals surface area contributed by atoms with Crippen molar-refractivity contribution in [3.05, 3.63) is 0 Å². The van der Waals surface area contributed by atoms with Crippen LogP contribution in [0.15, 0.2) is 0 Å². The van der Waals surface area contributed by atoms with Gasteiger partial charge in [-0.3, -0.25) is 4.79 Å². The minimum atomic E-state index is -0.642. The number of carbonyl (C=O) groups is 1. The van der Waals surface area contributed by atoms with Crippen LogP contribution in [0.25, 0.3) is 0 Å². The predicted octanol–water partition coefficient (Wildman–Crippen LogP) is 7.07. The molecule has 0 aromatic carbocycles. The Morgan fingerprint density at radius 3 is 1.69 bits per heavy atom. The van der Waals surface area contributed by atoms with Gasteiger partial charge in [-0.1, -0.05) is 45.4 Å². The van der Waals surface area contributed by atoms with Crippen molar-refractivity contribution in [2.24, 2.45) is 35.5 Å². The summed E-state index contributed by atoms with van der Waals surface area (Å²) in [6.45, 7) is 2.36. The van der Waals surface area contributed by atoms with Crippen molar-refractivity contribution in [3.8, 4) is 0 Å². The number of aliphatic carboxylic acids is 1. The average Bonchev–Trinajstić information content (AvgIpc) is 2.49. The van der Waals surface area contributed by atoms with E-state index in [4.69, 9.17) is 5.11 Å². The van der Waals surface area contributed by atoms with Crippen molar-refractivity contribution in [3.63, 3.8) is 0 Å². The van der Waals surface area contributed by atoms with E-state index in [9.17, 15) is 4.79 Å². The topological polar surface area (TPSA) is 37.3 Å². The van der Waals surface area contributed by atoms with Crippen molar-refractivity contribution < 1.29 is 9.90 Å². The first-order chi connectivity index (χ1) is 12.6. The fraction of sp³-hybridized carbons (Fsp3) is 0.958. The van der Waals surface area contributed by atoms with E-state index in [1.165, 1.54) is 44.9 Å². The molecule has 3 aliphatic rings. The highest BCUT2D eigenvalue weighted by Crippen LogP contribution is 2.50. The molecular formula is C24H42O2. The van der Waals surface area contributed by atoms with Crippen LogP contribution in [0.1, 0.15) is 110 Å². The molecule has 0 bridgehead atoms. The lowest BCUT2D eigenvalue weighted by atomic mass is 9.60. The zero-order valence-electron chi connectivity index (χ0n) is 17.1. The molecule has 0 aromatic rings. The maximum Gasteiger partial charge on any atom is 0.303 e. The molecule has 150 valence electrons. The lowest BCUT2D eigenvalue weighted by Crippen LogP contribution is -2.34. The standard InChI is InChI=1S/C24H42O2/c1-2-18-10-20(11-18)14-22-16-23(17-22)15-21-12-19(13-21)8-6-4-3-5-7-9-24(25)26/h18-23H,2-17H2,1H3,(H,25,26). The third-order valence-corrected chi connectivity index (χ3v) is 7.91. The highest BCUT2D eigenvalue weighted by atomic mass is 16.4. The van der Waals surface area contributed by atoms with Crippen LogP contribution in [0.5, 0.6) is 0 Å². The Labute approximate surface area is 161 Å². The maximum atomic E-state index is 10.5. The maximum absolute atomic E-state index is 10.5. The quantitative estimate of drug-likeness (QED) is 0.356. The Bertz CT molecular complexity index is 414. The molecule has 0 spiro atoms. The molecule has 26 heavy (non-hydrogen) atoms. The van der Waals surface area contributed by atoms with Gasteiger partial charge in [0.2, 0.25) is 0 Å². The van der Waals surface area contributed by atoms with Gasteiger partial charge in [0.15, 0.2) is 0 Å². The first kappa shape index (κ1) is 20.2. The minimum absolute atomic E-state index is 0.353. The number of hydrogen-bond acceptors (Lipinski definition) is 1. The minimum Gasteiger partial charge on any atom is -0.481 e. The van der Waals surface area contributed by atoms with Crippen molar-refractivity contribution in [1.82, 2.24) is 0 Å².